The van der Waals surface area contributed by atoms with E-state index in [1.165, 1.54) is 0 Å². The van der Waals surface area contributed by atoms with E-state index in [9.17, 15) is 15.0 Å². The third-order valence-electron chi connectivity index (χ3n) is 4.26. The van der Waals surface area contributed by atoms with Crippen molar-refractivity contribution in [2.45, 2.75) is 59.0 Å². The summed E-state index contributed by atoms with van der Waals surface area (Å²) < 4.78 is 0. The lowest BCUT2D eigenvalue weighted by molar-refractivity contribution is -0.170. The third-order valence-corrected chi connectivity index (χ3v) is 4.26. The highest BCUT2D eigenvalue weighted by Gasteiger charge is 2.50. The molecule has 0 bridgehead atoms. The van der Waals surface area contributed by atoms with E-state index < -0.39 is 17.5 Å². The Morgan fingerprint density at radius 3 is 2.24 bits per heavy atom. The molecule has 0 aromatic rings. The maximum Gasteiger partial charge on any atom is 0.309 e. The van der Waals surface area contributed by atoms with Gasteiger partial charge in [0.2, 0.25) is 0 Å². The molecule has 0 aromatic carbocycles. The fraction of sp³-hybridized carbons (Fsp3) is 0.929. The summed E-state index contributed by atoms with van der Waals surface area (Å²) in [7, 11) is 0. The Labute approximate surface area is 104 Å². The van der Waals surface area contributed by atoms with E-state index in [4.69, 9.17) is 0 Å². The average molecular weight is 242 g/mol. The highest BCUT2D eigenvalue weighted by atomic mass is 16.4. The minimum atomic E-state index is -1.02. The monoisotopic (exact) mass is 242 g/mol. The molecule has 3 nitrogen and oxygen atoms in total. The molecule has 0 spiro atoms. The Morgan fingerprint density at radius 1 is 1.24 bits per heavy atom. The largest absolute Gasteiger partial charge is 0.481 e. The first kappa shape index (κ1) is 14.5. The lowest BCUT2D eigenvalue weighted by Gasteiger charge is -2.47. The Balaban J connectivity index is 3.05. The topological polar surface area (TPSA) is 57.5 Å². The molecule has 0 radical (unpaired) electrons. The molecular weight excluding hydrogens is 216 g/mol. The summed E-state index contributed by atoms with van der Waals surface area (Å²) >= 11 is 0. The highest BCUT2D eigenvalue weighted by Crippen LogP contribution is 2.45. The van der Waals surface area contributed by atoms with Crippen LogP contribution in [-0.2, 0) is 4.79 Å². The smallest absolute Gasteiger partial charge is 0.309 e. The summed E-state index contributed by atoms with van der Waals surface area (Å²) in [4.78, 5) is 11.5. The van der Waals surface area contributed by atoms with E-state index in [-0.39, 0.29) is 11.8 Å². The number of carbonyl (C=O) groups is 1. The van der Waals surface area contributed by atoms with E-state index in [1.54, 1.807) is 0 Å². The van der Waals surface area contributed by atoms with Crippen molar-refractivity contribution in [1.29, 1.82) is 0 Å². The fourth-order valence-corrected chi connectivity index (χ4v) is 3.58. The second-order valence-corrected chi connectivity index (χ2v) is 6.15. The Bertz CT molecular complexity index is 273. The molecule has 1 aliphatic rings. The van der Waals surface area contributed by atoms with Crippen molar-refractivity contribution >= 4 is 5.97 Å². The van der Waals surface area contributed by atoms with Gasteiger partial charge in [0.05, 0.1) is 11.5 Å². The van der Waals surface area contributed by atoms with Crippen LogP contribution in [0.15, 0.2) is 0 Å². The summed E-state index contributed by atoms with van der Waals surface area (Å²) in [5.41, 5.74) is -1.02. The first-order valence-electron chi connectivity index (χ1n) is 6.76. The maximum atomic E-state index is 11.5. The lowest BCUT2D eigenvalue weighted by atomic mass is 9.62. The van der Waals surface area contributed by atoms with Gasteiger partial charge in [0.25, 0.3) is 0 Å². The second-order valence-electron chi connectivity index (χ2n) is 6.15. The van der Waals surface area contributed by atoms with Crippen LogP contribution in [0.4, 0.5) is 0 Å². The summed E-state index contributed by atoms with van der Waals surface area (Å²) in [5.74, 6) is -1.08. The zero-order valence-corrected chi connectivity index (χ0v) is 11.4. The number of carboxylic acids is 1. The van der Waals surface area contributed by atoms with Crippen LogP contribution in [0.25, 0.3) is 0 Å². The zero-order chi connectivity index (χ0) is 13.2. The van der Waals surface area contributed by atoms with Gasteiger partial charge >= 0.3 is 5.97 Å². The van der Waals surface area contributed by atoms with Gasteiger partial charge < -0.3 is 10.2 Å². The van der Waals surface area contributed by atoms with Gasteiger partial charge in [-0.1, -0.05) is 40.5 Å². The minimum Gasteiger partial charge on any atom is -0.481 e. The molecule has 0 aromatic heterocycles. The first-order valence-corrected chi connectivity index (χ1v) is 6.76. The number of hydrogen-bond acceptors (Lipinski definition) is 2. The maximum absolute atomic E-state index is 11.5. The predicted octanol–water partition coefficient (Wildman–Crippen LogP) is 2.92. The molecule has 3 unspecified atom stereocenters. The number of aliphatic carboxylic acids is 1. The Hall–Kier alpha value is -0.570. The first-order chi connectivity index (χ1) is 7.80. The SMILES string of the molecule is CC(C)C1CCCCC1(O)C(C(=O)O)C(C)C. The molecule has 3 atom stereocenters. The molecule has 100 valence electrons. The summed E-state index contributed by atoms with van der Waals surface area (Å²) in [5, 5.41) is 20.3. The van der Waals surface area contributed by atoms with Crippen molar-refractivity contribution in [2.24, 2.45) is 23.7 Å². The van der Waals surface area contributed by atoms with E-state index >= 15 is 0 Å². The quantitative estimate of drug-likeness (QED) is 0.797. The Kier molecular flexibility index (Phi) is 4.59. The normalized spacial score (nSPS) is 31.8. The highest BCUT2D eigenvalue weighted by molar-refractivity contribution is 5.72. The molecule has 0 heterocycles. The predicted molar refractivity (Wildman–Crippen MR) is 67.7 cm³/mol. The van der Waals surface area contributed by atoms with E-state index in [0.29, 0.717) is 12.3 Å². The van der Waals surface area contributed by atoms with Crippen molar-refractivity contribution in [3.05, 3.63) is 0 Å². The van der Waals surface area contributed by atoms with Crippen molar-refractivity contribution < 1.29 is 15.0 Å². The van der Waals surface area contributed by atoms with E-state index in [0.717, 1.165) is 19.3 Å². The molecule has 17 heavy (non-hydrogen) atoms. The summed E-state index contributed by atoms with van der Waals surface area (Å²) in [6, 6.07) is 0. The van der Waals surface area contributed by atoms with Gasteiger partial charge in [-0.05, 0) is 30.6 Å². The zero-order valence-electron chi connectivity index (χ0n) is 11.4. The van der Waals surface area contributed by atoms with Crippen LogP contribution in [0, 0.1) is 23.7 Å². The molecule has 0 aliphatic heterocycles. The molecule has 0 saturated heterocycles. The molecule has 3 heteroatoms. The molecule has 0 amide bonds. The minimum absolute atomic E-state index is 0.0307. The lowest BCUT2D eigenvalue weighted by Crippen LogP contribution is -2.53. The van der Waals surface area contributed by atoms with Crippen LogP contribution in [0.3, 0.4) is 0 Å². The second kappa shape index (κ2) is 5.38. The van der Waals surface area contributed by atoms with Crippen molar-refractivity contribution in [1.82, 2.24) is 0 Å². The van der Waals surface area contributed by atoms with Crippen molar-refractivity contribution in [2.75, 3.05) is 0 Å². The fourth-order valence-electron chi connectivity index (χ4n) is 3.58. The van der Waals surface area contributed by atoms with E-state index in [1.807, 2.05) is 13.8 Å². The van der Waals surface area contributed by atoms with Crippen LogP contribution in [-0.4, -0.2) is 21.8 Å². The summed E-state index contributed by atoms with van der Waals surface area (Å²) in [6.45, 7) is 7.95. The molecule has 1 saturated carbocycles. The van der Waals surface area contributed by atoms with Gasteiger partial charge in [-0.25, -0.2) is 0 Å². The Morgan fingerprint density at radius 2 is 1.82 bits per heavy atom. The van der Waals surface area contributed by atoms with Crippen LogP contribution < -0.4 is 0 Å². The molecular formula is C14H26O3. The van der Waals surface area contributed by atoms with Crippen molar-refractivity contribution in [3.63, 3.8) is 0 Å². The molecule has 1 rings (SSSR count). The molecule has 1 fully saturated rings. The summed E-state index contributed by atoms with van der Waals surface area (Å²) in [6.07, 6.45) is 3.63. The molecule has 1 aliphatic carbocycles. The number of rotatable bonds is 4. The van der Waals surface area contributed by atoms with E-state index in [2.05, 4.69) is 13.8 Å². The van der Waals surface area contributed by atoms with Gasteiger partial charge in [0, 0.05) is 0 Å². The van der Waals surface area contributed by atoms with Crippen molar-refractivity contribution in [3.8, 4) is 0 Å². The average Bonchev–Trinajstić information content (AvgIpc) is 2.15. The van der Waals surface area contributed by atoms with Crippen LogP contribution in [0.5, 0.6) is 0 Å². The van der Waals surface area contributed by atoms with Crippen LogP contribution >= 0.6 is 0 Å². The molecule has 2 N–H and O–H groups in total. The van der Waals surface area contributed by atoms with Gasteiger partial charge in [-0.2, -0.15) is 0 Å². The number of aliphatic hydroxyl groups is 1. The van der Waals surface area contributed by atoms with Crippen LogP contribution in [0.1, 0.15) is 53.4 Å². The van der Waals surface area contributed by atoms with Gasteiger partial charge in [0.1, 0.15) is 0 Å². The van der Waals surface area contributed by atoms with Gasteiger partial charge in [-0.15, -0.1) is 0 Å². The number of hydrogen-bond donors (Lipinski definition) is 2. The standard InChI is InChI=1S/C14H26O3/c1-9(2)11-7-5-6-8-14(11,17)12(10(3)4)13(15)16/h9-12,17H,5-8H2,1-4H3,(H,15,16). The van der Waals surface area contributed by atoms with Gasteiger partial charge in [0.15, 0.2) is 0 Å². The van der Waals surface area contributed by atoms with Gasteiger partial charge in [-0.3, -0.25) is 4.79 Å². The third kappa shape index (κ3) is 2.82. The number of carboxylic acid groups (broad SMARTS) is 1. The van der Waals surface area contributed by atoms with Crippen LogP contribution in [0.2, 0.25) is 0 Å².